The molecule has 22 heavy (non-hydrogen) atoms. The fraction of sp³-hybridized carbons (Fsp3) is 0.333. The summed E-state index contributed by atoms with van der Waals surface area (Å²) in [6, 6.07) is 2.04. The first-order chi connectivity index (χ1) is 10.6. The molecule has 1 fully saturated rings. The van der Waals surface area contributed by atoms with Gasteiger partial charge in [-0.15, -0.1) is 0 Å². The lowest BCUT2D eigenvalue weighted by molar-refractivity contribution is 0.0995. The van der Waals surface area contributed by atoms with Gasteiger partial charge in [-0.2, -0.15) is 0 Å². The van der Waals surface area contributed by atoms with Crippen LogP contribution in [0, 0.1) is 6.92 Å². The van der Waals surface area contributed by atoms with Gasteiger partial charge in [-0.3, -0.25) is 14.8 Å². The maximum absolute atomic E-state index is 11.2. The van der Waals surface area contributed by atoms with Crippen molar-refractivity contribution in [2.75, 3.05) is 36.0 Å². The Morgan fingerprint density at radius 1 is 1.09 bits per heavy atom. The van der Waals surface area contributed by atoms with Crippen LogP contribution in [0.5, 0.6) is 0 Å². The minimum atomic E-state index is -0.555. The van der Waals surface area contributed by atoms with Crippen molar-refractivity contribution in [3.63, 3.8) is 0 Å². The van der Waals surface area contributed by atoms with Gasteiger partial charge in [-0.05, 0) is 18.6 Å². The number of primary amides is 1. The molecule has 0 bridgehead atoms. The zero-order chi connectivity index (χ0) is 15.5. The van der Waals surface area contributed by atoms with Gasteiger partial charge in [0.15, 0.2) is 0 Å². The summed E-state index contributed by atoms with van der Waals surface area (Å²) in [6.45, 7) is 5.47. The van der Waals surface area contributed by atoms with E-state index >= 15 is 0 Å². The molecule has 7 heteroatoms. The highest BCUT2D eigenvalue weighted by molar-refractivity contribution is 5.90. The van der Waals surface area contributed by atoms with E-state index < -0.39 is 5.91 Å². The van der Waals surface area contributed by atoms with Gasteiger partial charge in [-0.1, -0.05) is 0 Å². The van der Waals surface area contributed by atoms with Crippen LogP contribution in [0.3, 0.4) is 0 Å². The lowest BCUT2D eigenvalue weighted by atomic mass is 10.2. The van der Waals surface area contributed by atoms with Gasteiger partial charge in [0, 0.05) is 44.3 Å². The van der Waals surface area contributed by atoms with E-state index in [9.17, 15) is 4.79 Å². The van der Waals surface area contributed by atoms with E-state index in [-0.39, 0.29) is 5.69 Å². The van der Waals surface area contributed by atoms with Gasteiger partial charge in [0.1, 0.15) is 11.5 Å². The number of rotatable bonds is 3. The number of hydrogen-bond donors (Lipinski definition) is 1. The van der Waals surface area contributed by atoms with Crippen molar-refractivity contribution in [2.24, 2.45) is 5.73 Å². The Kier molecular flexibility index (Phi) is 3.86. The molecule has 0 aromatic carbocycles. The van der Waals surface area contributed by atoms with Crippen LogP contribution in [-0.2, 0) is 0 Å². The van der Waals surface area contributed by atoms with Crippen molar-refractivity contribution in [2.45, 2.75) is 6.92 Å². The SMILES string of the molecule is Cc1cnccc1N1CCN(c2cncc(C(N)=O)n2)CC1. The summed E-state index contributed by atoms with van der Waals surface area (Å²) in [7, 11) is 0. The molecule has 2 aromatic rings. The zero-order valence-corrected chi connectivity index (χ0v) is 12.4. The van der Waals surface area contributed by atoms with Crippen molar-refractivity contribution in [3.05, 3.63) is 42.1 Å². The van der Waals surface area contributed by atoms with Crippen molar-refractivity contribution in [3.8, 4) is 0 Å². The number of carbonyl (C=O) groups excluding carboxylic acids is 1. The Morgan fingerprint density at radius 3 is 2.50 bits per heavy atom. The number of aromatic nitrogens is 3. The lowest BCUT2D eigenvalue weighted by Crippen LogP contribution is -2.47. The number of carbonyl (C=O) groups is 1. The van der Waals surface area contributed by atoms with E-state index in [0.29, 0.717) is 5.82 Å². The molecule has 3 heterocycles. The predicted molar refractivity (Wildman–Crippen MR) is 83.9 cm³/mol. The third-order valence-corrected chi connectivity index (χ3v) is 3.81. The molecule has 2 N–H and O–H groups in total. The van der Waals surface area contributed by atoms with E-state index in [1.165, 1.54) is 17.4 Å². The number of aryl methyl sites for hydroxylation is 1. The number of anilines is 2. The number of nitrogens with zero attached hydrogens (tertiary/aromatic N) is 5. The first kappa shape index (κ1) is 14.2. The molecule has 3 rings (SSSR count). The van der Waals surface area contributed by atoms with Crippen molar-refractivity contribution >= 4 is 17.4 Å². The summed E-state index contributed by atoms with van der Waals surface area (Å²) in [4.78, 5) is 28.1. The van der Waals surface area contributed by atoms with Crippen LogP contribution in [0.2, 0.25) is 0 Å². The van der Waals surface area contributed by atoms with Crippen LogP contribution in [0.15, 0.2) is 30.9 Å². The summed E-state index contributed by atoms with van der Waals surface area (Å²) >= 11 is 0. The molecule has 0 spiro atoms. The van der Waals surface area contributed by atoms with E-state index in [1.54, 1.807) is 6.20 Å². The monoisotopic (exact) mass is 298 g/mol. The van der Waals surface area contributed by atoms with E-state index in [2.05, 4.69) is 31.7 Å². The molecule has 1 aliphatic rings. The topological polar surface area (TPSA) is 88.2 Å². The molecule has 0 saturated carbocycles. The lowest BCUT2D eigenvalue weighted by Gasteiger charge is -2.37. The Morgan fingerprint density at radius 2 is 1.82 bits per heavy atom. The van der Waals surface area contributed by atoms with Gasteiger partial charge >= 0.3 is 0 Å². The second-order valence-electron chi connectivity index (χ2n) is 5.26. The third kappa shape index (κ3) is 2.83. The molecule has 1 amide bonds. The van der Waals surface area contributed by atoms with Gasteiger partial charge < -0.3 is 15.5 Å². The number of piperazine rings is 1. The maximum Gasteiger partial charge on any atom is 0.268 e. The quantitative estimate of drug-likeness (QED) is 0.893. The fourth-order valence-electron chi connectivity index (χ4n) is 2.62. The maximum atomic E-state index is 11.2. The summed E-state index contributed by atoms with van der Waals surface area (Å²) in [5.74, 6) is 0.141. The molecule has 0 atom stereocenters. The minimum absolute atomic E-state index is 0.199. The van der Waals surface area contributed by atoms with Crippen molar-refractivity contribution < 1.29 is 4.79 Å². The number of pyridine rings is 1. The molecular weight excluding hydrogens is 280 g/mol. The molecule has 1 aliphatic heterocycles. The van der Waals surface area contributed by atoms with Crippen LogP contribution >= 0.6 is 0 Å². The largest absolute Gasteiger partial charge is 0.368 e. The summed E-state index contributed by atoms with van der Waals surface area (Å²) in [5.41, 5.74) is 7.84. The molecule has 0 radical (unpaired) electrons. The predicted octanol–water partition coefficient (Wildman–Crippen LogP) is 0.606. The summed E-state index contributed by atoms with van der Waals surface area (Å²) in [6.07, 6.45) is 6.75. The highest BCUT2D eigenvalue weighted by Gasteiger charge is 2.20. The fourth-order valence-corrected chi connectivity index (χ4v) is 2.62. The molecule has 1 saturated heterocycles. The number of hydrogen-bond acceptors (Lipinski definition) is 6. The number of amides is 1. The highest BCUT2D eigenvalue weighted by atomic mass is 16.1. The van der Waals surface area contributed by atoms with E-state index in [4.69, 9.17) is 5.73 Å². The molecule has 0 aliphatic carbocycles. The van der Waals surface area contributed by atoms with E-state index in [1.807, 2.05) is 18.5 Å². The molecule has 2 aromatic heterocycles. The van der Waals surface area contributed by atoms with Crippen LogP contribution < -0.4 is 15.5 Å². The second-order valence-corrected chi connectivity index (χ2v) is 5.26. The van der Waals surface area contributed by atoms with E-state index in [0.717, 1.165) is 26.2 Å². The Bertz CT molecular complexity index is 681. The Balaban J connectivity index is 1.71. The Hall–Kier alpha value is -2.70. The smallest absolute Gasteiger partial charge is 0.268 e. The molecule has 114 valence electrons. The van der Waals surface area contributed by atoms with Crippen LogP contribution in [0.4, 0.5) is 11.5 Å². The van der Waals surface area contributed by atoms with Gasteiger partial charge in [-0.25, -0.2) is 4.98 Å². The molecule has 0 unspecified atom stereocenters. The average molecular weight is 298 g/mol. The first-order valence-electron chi connectivity index (χ1n) is 7.17. The summed E-state index contributed by atoms with van der Waals surface area (Å²) < 4.78 is 0. The van der Waals surface area contributed by atoms with Gasteiger partial charge in [0.05, 0.1) is 12.4 Å². The van der Waals surface area contributed by atoms with Crippen molar-refractivity contribution in [1.29, 1.82) is 0 Å². The number of nitrogens with two attached hydrogens (primary N) is 1. The molecule has 7 nitrogen and oxygen atoms in total. The normalized spacial score (nSPS) is 15.0. The van der Waals surface area contributed by atoms with Crippen LogP contribution in [0.25, 0.3) is 0 Å². The highest BCUT2D eigenvalue weighted by Crippen LogP contribution is 2.21. The van der Waals surface area contributed by atoms with Crippen LogP contribution in [0.1, 0.15) is 16.1 Å². The first-order valence-corrected chi connectivity index (χ1v) is 7.17. The molecular formula is C15H18N6O. The van der Waals surface area contributed by atoms with Crippen LogP contribution in [-0.4, -0.2) is 47.0 Å². The summed E-state index contributed by atoms with van der Waals surface area (Å²) in [5, 5.41) is 0. The van der Waals surface area contributed by atoms with Gasteiger partial charge in [0.2, 0.25) is 0 Å². The standard InChI is InChI=1S/C15H18N6O/c1-11-8-17-3-2-13(11)20-4-6-21(7-5-20)14-10-18-9-12(19-14)15(16)22/h2-3,8-10H,4-7H2,1H3,(H2,16,22). The third-order valence-electron chi connectivity index (χ3n) is 3.81. The average Bonchev–Trinajstić information content (AvgIpc) is 2.56. The van der Waals surface area contributed by atoms with Crippen molar-refractivity contribution in [1.82, 2.24) is 15.0 Å². The van der Waals surface area contributed by atoms with Gasteiger partial charge in [0.25, 0.3) is 5.91 Å². The Labute approximate surface area is 128 Å². The second kappa shape index (κ2) is 5.97. The minimum Gasteiger partial charge on any atom is -0.368 e. The zero-order valence-electron chi connectivity index (χ0n) is 12.4.